The second-order valence-corrected chi connectivity index (χ2v) is 9.42. The summed E-state index contributed by atoms with van der Waals surface area (Å²) in [6.45, 7) is 1.86. The zero-order valence-corrected chi connectivity index (χ0v) is 20.5. The number of amides is 1. The van der Waals surface area contributed by atoms with Gasteiger partial charge in [0.25, 0.3) is 15.9 Å². The van der Waals surface area contributed by atoms with Crippen molar-refractivity contribution < 1.29 is 27.5 Å². The van der Waals surface area contributed by atoms with Gasteiger partial charge in [-0.3, -0.25) is 9.10 Å². The minimum atomic E-state index is -3.90. The Bertz CT molecular complexity index is 1240. The molecule has 0 aliphatic heterocycles. The van der Waals surface area contributed by atoms with Crippen molar-refractivity contribution >= 4 is 27.6 Å². The summed E-state index contributed by atoms with van der Waals surface area (Å²) >= 11 is 0. The van der Waals surface area contributed by atoms with E-state index in [-0.39, 0.29) is 17.0 Å². The van der Waals surface area contributed by atoms with Gasteiger partial charge in [-0.25, -0.2) is 13.2 Å². The molecule has 0 aliphatic rings. The second-order valence-electron chi connectivity index (χ2n) is 7.56. The van der Waals surface area contributed by atoms with Crippen LogP contribution in [0.15, 0.2) is 83.8 Å². The zero-order chi connectivity index (χ0) is 25.3. The fourth-order valence-electron chi connectivity index (χ4n) is 3.40. The van der Waals surface area contributed by atoms with Gasteiger partial charge in [0.15, 0.2) is 6.61 Å². The molecule has 0 heterocycles. The Morgan fingerprint density at radius 3 is 2.31 bits per heavy atom. The van der Waals surface area contributed by atoms with Crippen LogP contribution in [0.4, 0.5) is 5.69 Å². The molecule has 0 fully saturated rings. The molecule has 0 saturated heterocycles. The number of carbonyl (C=O) groups excluding carboxylic acids is 2. The predicted molar refractivity (Wildman–Crippen MR) is 133 cm³/mol. The van der Waals surface area contributed by atoms with Crippen LogP contribution >= 0.6 is 0 Å². The lowest BCUT2D eigenvalue weighted by molar-refractivity contribution is -0.124. The highest BCUT2D eigenvalue weighted by Gasteiger charge is 2.24. The maximum absolute atomic E-state index is 13.2. The highest BCUT2D eigenvalue weighted by Crippen LogP contribution is 2.24. The van der Waals surface area contributed by atoms with E-state index in [1.54, 1.807) is 44.4 Å². The van der Waals surface area contributed by atoms with Crippen molar-refractivity contribution in [3.8, 4) is 5.75 Å². The van der Waals surface area contributed by atoms with E-state index >= 15 is 0 Å². The molecule has 1 amide bonds. The van der Waals surface area contributed by atoms with Crippen LogP contribution in [-0.4, -0.2) is 47.1 Å². The molecule has 3 rings (SSSR count). The van der Waals surface area contributed by atoms with Crippen LogP contribution in [0.3, 0.4) is 0 Å². The molecule has 0 spiro atoms. The Morgan fingerprint density at radius 1 is 0.943 bits per heavy atom. The minimum Gasteiger partial charge on any atom is -0.497 e. The second kappa shape index (κ2) is 12.0. The van der Waals surface area contributed by atoms with Gasteiger partial charge in [-0.15, -0.1) is 0 Å². The smallest absolute Gasteiger partial charge is 0.338 e. The van der Waals surface area contributed by atoms with Crippen molar-refractivity contribution in [2.75, 3.05) is 31.1 Å². The number of hydrogen-bond donors (Lipinski definition) is 1. The average molecular weight is 497 g/mol. The highest BCUT2D eigenvalue weighted by molar-refractivity contribution is 7.92. The molecule has 184 valence electrons. The van der Waals surface area contributed by atoms with E-state index in [2.05, 4.69) is 5.32 Å². The van der Waals surface area contributed by atoms with Gasteiger partial charge in [0.05, 0.1) is 23.3 Å². The maximum Gasteiger partial charge on any atom is 0.338 e. The van der Waals surface area contributed by atoms with Crippen molar-refractivity contribution in [1.29, 1.82) is 0 Å². The Labute approximate surface area is 205 Å². The summed E-state index contributed by atoms with van der Waals surface area (Å²) in [6.07, 6.45) is 0.610. The normalized spacial score (nSPS) is 10.9. The molecule has 0 radical (unpaired) electrons. The van der Waals surface area contributed by atoms with E-state index in [1.807, 2.05) is 24.3 Å². The zero-order valence-electron chi connectivity index (χ0n) is 19.6. The minimum absolute atomic E-state index is 0.0402. The predicted octanol–water partition coefficient (Wildman–Crippen LogP) is 3.43. The number of rotatable bonds is 11. The van der Waals surface area contributed by atoms with E-state index in [0.29, 0.717) is 18.7 Å². The first-order valence-electron chi connectivity index (χ1n) is 11.1. The van der Waals surface area contributed by atoms with Crippen molar-refractivity contribution in [2.24, 2.45) is 0 Å². The standard InChI is InChI=1S/C26H28N2O6S/c1-3-28(22-9-5-4-6-10-22)35(31,32)24-11-7-8-21(18-24)26(30)34-19-25(29)27-17-16-20-12-14-23(33-2)15-13-20/h4-15,18H,3,16-17,19H2,1-2H3,(H,27,29). The third-order valence-electron chi connectivity index (χ3n) is 5.22. The van der Waals surface area contributed by atoms with Crippen LogP contribution in [0.1, 0.15) is 22.8 Å². The molecular weight excluding hydrogens is 468 g/mol. The Balaban J connectivity index is 1.56. The molecule has 35 heavy (non-hydrogen) atoms. The van der Waals surface area contributed by atoms with Crippen molar-refractivity contribution in [3.63, 3.8) is 0 Å². The molecule has 8 nitrogen and oxygen atoms in total. The van der Waals surface area contributed by atoms with Crippen LogP contribution < -0.4 is 14.4 Å². The Kier molecular flexibility index (Phi) is 8.86. The largest absolute Gasteiger partial charge is 0.497 e. The van der Waals surface area contributed by atoms with Crippen LogP contribution in [0.5, 0.6) is 5.75 Å². The number of benzene rings is 3. The van der Waals surface area contributed by atoms with Gasteiger partial charge >= 0.3 is 5.97 Å². The van der Waals surface area contributed by atoms with Gasteiger partial charge in [-0.2, -0.15) is 0 Å². The number of ether oxygens (including phenoxy) is 2. The number of sulfonamides is 1. The topological polar surface area (TPSA) is 102 Å². The molecule has 0 aliphatic carbocycles. The Morgan fingerprint density at radius 2 is 1.66 bits per heavy atom. The van der Waals surface area contributed by atoms with E-state index < -0.39 is 28.5 Å². The number of nitrogens with zero attached hydrogens (tertiary/aromatic N) is 1. The molecular formula is C26H28N2O6S. The third kappa shape index (κ3) is 6.83. The molecule has 0 bridgehead atoms. The fraction of sp³-hybridized carbons (Fsp3) is 0.231. The van der Waals surface area contributed by atoms with Crippen LogP contribution in [0.25, 0.3) is 0 Å². The average Bonchev–Trinajstić information content (AvgIpc) is 2.88. The summed E-state index contributed by atoms with van der Waals surface area (Å²) in [5, 5.41) is 2.69. The number of nitrogens with one attached hydrogen (secondary N) is 1. The van der Waals surface area contributed by atoms with Crippen LogP contribution in [0.2, 0.25) is 0 Å². The van der Waals surface area contributed by atoms with E-state index in [9.17, 15) is 18.0 Å². The third-order valence-corrected chi connectivity index (χ3v) is 7.12. The maximum atomic E-state index is 13.2. The fourth-order valence-corrected chi connectivity index (χ4v) is 4.92. The molecule has 0 atom stereocenters. The summed E-state index contributed by atoms with van der Waals surface area (Å²) in [5.41, 5.74) is 1.59. The highest BCUT2D eigenvalue weighted by atomic mass is 32.2. The SMILES string of the molecule is CCN(c1ccccc1)S(=O)(=O)c1cccc(C(=O)OCC(=O)NCCc2ccc(OC)cc2)c1. The van der Waals surface area contributed by atoms with Crippen molar-refractivity contribution in [2.45, 2.75) is 18.2 Å². The number of carbonyl (C=O) groups is 2. The molecule has 0 unspecified atom stereocenters. The van der Waals surface area contributed by atoms with Gasteiger partial charge in [-0.1, -0.05) is 36.4 Å². The van der Waals surface area contributed by atoms with E-state index in [1.165, 1.54) is 28.6 Å². The van der Waals surface area contributed by atoms with Gasteiger partial charge < -0.3 is 14.8 Å². The lowest BCUT2D eigenvalue weighted by Gasteiger charge is -2.23. The van der Waals surface area contributed by atoms with Crippen molar-refractivity contribution in [3.05, 3.63) is 90.0 Å². The first-order valence-corrected chi connectivity index (χ1v) is 12.5. The quantitative estimate of drug-likeness (QED) is 0.408. The molecule has 9 heteroatoms. The van der Waals surface area contributed by atoms with E-state index in [4.69, 9.17) is 9.47 Å². The number of methoxy groups -OCH3 is 1. The summed E-state index contributed by atoms with van der Waals surface area (Å²) in [4.78, 5) is 24.5. The molecule has 0 aromatic heterocycles. The number of para-hydroxylation sites is 1. The molecule has 1 N–H and O–H groups in total. The number of anilines is 1. The summed E-state index contributed by atoms with van der Waals surface area (Å²) in [5.74, 6) is -0.476. The van der Waals surface area contributed by atoms with E-state index in [0.717, 1.165) is 11.3 Å². The Hall–Kier alpha value is -3.85. The molecule has 3 aromatic carbocycles. The first kappa shape index (κ1) is 25.8. The summed E-state index contributed by atoms with van der Waals surface area (Å²) < 4.78 is 37.8. The molecule has 3 aromatic rings. The van der Waals surface area contributed by atoms with Crippen molar-refractivity contribution in [1.82, 2.24) is 5.32 Å². The lowest BCUT2D eigenvalue weighted by atomic mass is 10.1. The monoisotopic (exact) mass is 496 g/mol. The lowest BCUT2D eigenvalue weighted by Crippen LogP contribution is -2.31. The molecule has 0 saturated carbocycles. The van der Waals surface area contributed by atoms with Crippen LogP contribution in [0, 0.1) is 0 Å². The van der Waals surface area contributed by atoms with Gasteiger partial charge in [0, 0.05) is 13.1 Å². The summed E-state index contributed by atoms with van der Waals surface area (Å²) in [6, 6.07) is 21.8. The number of esters is 1. The number of hydrogen-bond acceptors (Lipinski definition) is 6. The van der Waals surface area contributed by atoms with Gasteiger partial charge in [0.2, 0.25) is 0 Å². The summed E-state index contributed by atoms with van der Waals surface area (Å²) in [7, 11) is -2.30. The van der Waals surface area contributed by atoms with Gasteiger partial charge in [-0.05, 0) is 61.4 Å². The first-order chi connectivity index (χ1) is 16.8. The van der Waals surface area contributed by atoms with Gasteiger partial charge in [0.1, 0.15) is 5.75 Å². The van der Waals surface area contributed by atoms with Crippen LogP contribution in [-0.2, 0) is 26.0 Å².